The van der Waals surface area contributed by atoms with Gasteiger partial charge in [0, 0.05) is 19.4 Å². The summed E-state index contributed by atoms with van der Waals surface area (Å²) in [6, 6.07) is -11.7. The van der Waals surface area contributed by atoms with Gasteiger partial charge in [-0.15, -0.1) is 0 Å². The van der Waals surface area contributed by atoms with E-state index in [4.69, 9.17) is 17.2 Å². The van der Waals surface area contributed by atoms with Gasteiger partial charge >= 0.3 is 17.9 Å². The van der Waals surface area contributed by atoms with Crippen LogP contribution in [-0.4, -0.2) is 199 Å². The van der Waals surface area contributed by atoms with Gasteiger partial charge in [-0.25, -0.2) is 4.79 Å². The lowest BCUT2D eigenvalue weighted by atomic mass is 9.98. The highest BCUT2D eigenvalue weighted by Crippen LogP contribution is 2.16. The van der Waals surface area contributed by atoms with E-state index in [-0.39, 0.29) is 86.0 Å². The summed E-state index contributed by atoms with van der Waals surface area (Å²) >= 11 is 0. The lowest BCUT2D eigenvalue weighted by Crippen LogP contribution is -2.61. The van der Waals surface area contributed by atoms with Crippen LogP contribution in [-0.2, 0) is 68.7 Å². The molecule has 12 atom stereocenters. The molecule has 1 rings (SSSR count). The number of carboxylic acids is 3. The zero-order valence-corrected chi connectivity index (χ0v) is 55.3. The van der Waals surface area contributed by atoms with Crippen LogP contribution in [0, 0.1) is 23.7 Å². The number of carbonyl (C=O) groups excluding carboxylic acids is 10. The third-order valence-corrected chi connectivity index (χ3v) is 14.3. The molecule has 0 bridgehead atoms. The summed E-state index contributed by atoms with van der Waals surface area (Å²) in [7, 11) is 0. The third-order valence-electron chi connectivity index (χ3n) is 14.3. The molecule has 22 N–H and O–H groups in total. The van der Waals surface area contributed by atoms with Gasteiger partial charge in [0.15, 0.2) is 12.0 Å². The van der Waals surface area contributed by atoms with Crippen LogP contribution >= 0.6 is 0 Å². The average Bonchev–Trinajstić information content (AvgIpc) is 0.870. The first-order valence-corrected chi connectivity index (χ1v) is 31.5. The molecule has 10 amide bonds. The van der Waals surface area contributed by atoms with E-state index in [1.54, 1.807) is 41.5 Å². The minimum absolute atomic E-state index is 0.0355. The molecule has 33 nitrogen and oxygen atoms in total. The maximum Gasteiger partial charge on any atom is 0.328 e. The van der Waals surface area contributed by atoms with Gasteiger partial charge < -0.3 is 101 Å². The minimum Gasteiger partial charge on any atom is -0.508 e. The van der Waals surface area contributed by atoms with Gasteiger partial charge in [-0.05, 0) is 99.7 Å². The highest BCUT2D eigenvalue weighted by atomic mass is 16.4. The first-order valence-electron chi connectivity index (χ1n) is 31.5. The Labute approximate surface area is 547 Å². The normalized spacial score (nSPS) is 15.1. The van der Waals surface area contributed by atoms with E-state index in [0.29, 0.717) is 19.3 Å². The number of amides is 10. The molecule has 0 heterocycles. The molecule has 530 valence electrons. The number of nitrogens with two attached hydrogens (primary N) is 3. The van der Waals surface area contributed by atoms with Gasteiger partial charge in [0.1, 0.15) is 60.1 Å². The van der Waals surface area contributed by atoms with E-state index in [0.717, 1.165) is 6.92 Å². The van der Waals surface area contributed by atoms with Crippen molar-refractivity contribution < 1.29 is 93.0 Å². The lowest BCUT2D eigenvalue weighted by molar-refractivity contribution is -0.146. The summed E-state index contributed by atoms with van der Waals surface area (Å²) in [5.74, 6) is -16.0. The van der Waals surface area contributed by atoms with Crippen LogP contribution in [0.2, 0.25) is 0 Å². The molecule has 0 aliphatic heterocycles. The second-order valence-electron chi connectivity index (χ2n) is 24.9. The van der Waals surface area contributed by atoms with Gasteiger partial charge in [0.2, 0.25) is 59.1 Å². The fourth-order valence-electron chi connectivity index (χ4n) is 9.43. The first kappa shape index (κ1) is 83.3. The maximum atomic E-state index is 14.4. The van der Waals surface area contributed by atoms with Crippen LogP contribution < -0.4 is 70.4 Å². The second-order valence-corrected chi connectivity index (χ2v) is 24.9. The molecule has 0 saturated carbocycles. The molecule has 0 radical (unpaired) electrons. The molecule has 0 spiro atoms. The number of nitrogens with zero attached hydrogens (tertiary/aromatic N) is 1. The Bertz CT molecular complexity index is 2730. The summed E-state index contributed by atoms with van der Waals surface area (Å²) in [5, 5.41) is 83.7. The Morgan fingerprint density at radius 2 is 0.819 bits per heavy atom. The fraction of sp³-hybridized carbons (Fsp3) is 0.672. The number of aromatic hydroxyl groups is 1. The molecule has 1 aromatic carbocycles. The van der Waals surface area contributed by atoms with E-state index in [2.05, 4.69) is 52.8 Å². The number of carboxylic acid groups (broad SMARTS) is 3. The monoisotopic (exact) mass is 1330 g/mol. The number of aliphatic hydroxyl groups is 2. The van der Waals surface area contributed by atoms with Crippen molar-refractivity contribution in [1.82, 2.24) is 53.2 Å². The van der Waals surface area contributed by atoms with Gasteiger partial charge in [0.25, 0.3) is 0 Å². The number of phenols is 1. The number of aliphatic carboxylic acids is 3. The van der Waals surface area contributed by atoms with Crippen LogP contribution in [0.15, 0.2) is 29.3 Å². The van der Waals surface area contributed by atoms with Crippen molar-refractivity contribution in [3.8, 4) is 5.75 Å². The number of unbranched alkanes of at least 4 members (excludes halogenated alkanes) is 1. The van der Waals surface area contributed by atoms with Crippen LogP contribution in [0.3, 0.4) is 0 Å². The standard InChI is InChI=1S/C61H102N14O19/c1-11-12-15-38(66-50(83)37(62)14-13-22-65-61(63)64)51(84)68-40(23-30(2)3)53(86)69-41(24-31(4)5)54(87)70-43(26-33(8)9)56(89)74-46(29-76)59(92)71-42(25-32(6)7)55(88)72-44(27-35-16-18-36(78)19-17-35)57(90)73-45(28-48(81)82)58(91)67-39(20-21-47(79)80)52(85)75-49(34(10)77)60(93)94/h16-19,30-34,37-46,49,76-78H,11-15,20-29,62H2,1-10H3,(H,66,83)(H,67,91)(H,68,84)(H,69,86)(H,70,87)(H,71,92)(H,72,88)(H,73,90)(H,74,89)(H,75,85)(H,79,80)(H,81,82)(H,93,94)(H4,63,64,65)/t34-,37+,38+,39+,40+,41+,42+,43+,44+,45+,46+,49+/m1/s1. The Morgan fingerprint density at radius 1 is 0.457 bits per heavy atom. The number of carbonyl (C=O) groups is 13. The number of benzene rings is 1. The number of phenolic OH excluding ortho intramolecular Hbond substituents is 1. The molecule has 0 aromatic heterocycles. The molecule has 0 fully saturated rings. The van der Waals surface area contributed by atoms with Gasteiger partial charge in [-0.1, -0.05) is 87.3 Å². The van der Waals surface area contributed by atoms with Crippen LogP contribution in [0.5, 0.6) is 5.75 Å². The van der Waals surface area contributed by atoms with Crippen molar-refractivity contribution in [2.45, 2.75) is 225 Å². The number of hydrogen-bond donors (Lipinski definition) is 19. The Morgan fingerprint density at radius 3 is 1.21 bits per heavy atom. The predicted molar refractivity (Wildman–Crippen MR) is 342 cm³/mol. The minimum atomic E-state index is -2.06. The fourth-order valence-corrected chi connectivity index (χ4v) is 9.43. The summed E-state index contributed by atoms with van der Waals surface area (Å²) in [6.07, 6.45) is -2.73. The van der Waals surface area contributed by atoms with Crippen molar-refractivity contribution in [1.29, 1.82) is 0 Å². The van der Waals surface area contributed by atoms with E-state index in [1.165, 1.54) is 24.3 Å². The van der Waals surface area contributed by atoms with Crippen molar-refractivity contribution in [2.24, 2.45) is 45.9 Å². The average molecular weight is 1340 g/mol. The topological polar surface area (TPSA) is 554 Å². The molecular weight excluding hydrogens is 1230 g/mol. The van der Waals surface area contributed by atoms with E-state index >= 15 is 0 Å². The summed E-state index contributed by atoms with van der Waals surface area (Å²) in [4.78, 5) is 179. The number of guanidine groups is 1. The van der Waals surface area contributed by atoms with Crippen LogP contribution in [0.1, 0.15) is 152 Å². The summed E-state index contributed by atoms with van der Waals surface area (Å²) in [5.41, 5.74) is 17.2. The molecular formula is C61H102N14O19. The number of hydrogen-bond acceptors (Lipinski definition) is 18. The molecule has 94 heavy (non-hydrogen) atoms. The Balaban J connectivity index is 3.58. The molecule has 0 unspecified atom stereocenters. The zero-order chi connectivity index (χ0) is 71.7. The molecule has 33 heteroatoms. The van der Waals surface area contributed by atoms with E-state index in [9.17, 15) is 93.0 Å². The third kappa shape index (κ3) is 32.7. The van der Waals surface area contributed by atoms with Crippen molar-refractivity contribution in [3.63, 3.8) is 0 Å². The van der Waals surface area contributed by atoms with Crippen LogP contribution in [0.25, 0.3) is 0 Å². The second kappa shape index (κ2) is 42.5. The predicted octanol–water partition coefficient (Wildman–Crippen LogP) is -2.66. The summed E-state index contributed by atoms with van der Waals surface area (Å²) in [6.45, 7) is 16.1. The maximum absolute atomic E-state index is 14.4. The smallest absolute Gasteiger partial charge is 0.328 e. The van der Waals surface area contributed by atoms with Crippen molar-refractivity contribution in [2.75, 3.05) is 13.2 Å². The highest BCUT2D eigenvalue weighted by molar-refractivity contribution is 5.99. The van der Waals surface area contributed by atoms with Crippen molar-refractivity contribution in [3.05, 3.63) is 29.8 Å². The van der Waals surface area contributed by atoms with Gasteiger partial charge in [-0.3, -0.25) is 62.5 Å². The number of nitrogens with one attached hydrogen (secondary N) is 10. The Hall–Kier alpha value is -8.72. The van der Waals surface area contributed by atoms with Gasteiger partial charge in [-0.2, -0.15) is 0 Å². The molecule has 0 saturated heterocycles. The highest BCUT2D eigenvalue weighted by Gasteiger charge is 2.38. The number of rotatable bonds is 45. The molecule has 0 aliphatic carbocycles. The lowest BCUT2D eigenvalue weighted by Gasteiger charge is -2.29. The number of aliphatic imine (C=N–C) groups is 1. The van der Waals surface area contributed by atoms with Crippen LogP contribution in [0.4, 0.5) is 0 Å². The van der Waals surface area contributed by atoms with Crippen molar-refractivity contribution >= 4 is 82.9 Å². The Kier molecular flexibility index (Phi) is 37.7. The molecule has 1 aromatic rings. The quantitative estimate of drug-likeness (QED) is 0.0180. The number of aliphatic hydroxyl groups excluding tert-OH is 2. The SMILES string of the molecule is CCCC[C@H](NC(=O)[C@@H](N)CCCN=C(N)N)C(=O)N[C@@H](CC(C)C)C(=O)N[C@@H](CC(C)C)C(=O)N[C@@H](CC(C)C)C(=O)N[C@@H](CO)C(=O)N[C@@H](CC(C)C)C(=O)N[C@@H](Cc1ccc(O)cc1)C(=O)N[C@@H](CC(=O)O)C(=O)N[C@@H](CCC(=O)O)C(=O)N[C@H](C(=O)O)[C@@H](C)O. The largest absolute Gasteiger partial charge is 0.508 e. The molecule has 0 aliphatic rings. The van der Waals surface area contributed by atoms with E-state index < -0.39 is 182 Å². The van der Waals surface area contributed by atoms with E-state index in [1.807, 2.05) is 26.1 Å². The zero-order valence-electron chi connectivity index (χ0n) is 55.3. The van der Waals surface area contributed by atoms with Gasteiger partial charge in [0.05, 0.1) is 25.2 Å². The first-order chi connectivity index (χ1) is 43.9. The summed E-state index contributed by atoms with van der Waals surface area (Å²) < 4.78 is 0.